The number of hydrazine groups is 1. The summed E-state index contributed by atoms with van der Waals surface area (Å²) in [5.41, 5.74) is 14.2. The first-order valence-electron chi connectivity index (χ1n) is 35.1. The summed E-state index contributed by atoms with van der Waals surface area (Å²) < 4.78 is 59.1. The fourth-order valence-corrected chi connectivity index (χ4v) is 14.6. The molecule has 6 heterocycles. The molecule has 4 aliphatic carbocycles. The second kappa shape index (κ2) is 33.6. The molecule has 2 atom stereocenters. The number of nitrogens with zero attached hydrogens (tertiary/aromatic N) is 5. The maximum Gasteiger partial charge on any atom is 0.569 e. The van der Waals surface area contributed by atoms with E-state index in [1.807, 2.05) is 39.8 Å². The molecule has 0 bridgehead atoms. The topological polar surface area (TPSA) is 417 Å². The lowest BCUT2D eigenvalue weighted by molar-refractivity contribution is -0.110. The van der Waals surface area contributed by atoms with E-state index in [1.54, 1.807) is 108 Å². The largest absolute Gasteiger partial charge is 0.569 e. The SMILES string of the molecule is C.CC(C)(C)OC(=O)N1CCC(C=O)C1.CC(C)(O)COc1ccc2c(C(=O)NC3CC4(C3)CC(Oc3cc(CC5CCNC5)ccc3C(N)=O)C4)cnn2c1.CC(C)(O)COc1ccc2c(C(=O)NC3CC4(C3)CC(Oc3cc(O[B]O)ccc3C(N)=O)C4)cnn2c1.Cc1ccc(S(=O)(=O)NN)cc1. The van der Waals surface area contributed by atoms with Crippen LogP contribution in [0.1, 0.15) is 173 Å². The lowest BCUT2D eigenvalue weighted by Gasteiger charge is -2.57. The van der Waals surface area contributed by atoms with Crippen molar-refractivity contribution in [3.63, 3.8) is 0 Å². The number of ether oxygens (including phenoxy) is 5. The van der Waals surface area contributed by atoms with E-state index in [9.17, 15) is 47.4 Å². The van der Waals surface area contributed by atoms with Gasteiger partial charge in [0.2, 0.25) is 0 Å². The summed E-state index contributed by atoms with van der Waals surface area (Å²) in [5.74, 6) is 6.39. The number of nitrogens with two attached hydrogens (primary N) is 3. The number of aliphatic hydroxyl groups is 2. The van der Waals surface area contributed by atoms with Crippen LogP contribution in [0.3, 0.4) is 0 Å². The molecule has 31 heteroatoms. The minimum absolute atomic E-state index is 0. The van der Waals surface area contributed by atoms with Gasteiger partial charge in [0.15, 0.2) is 0 Å². The number of aryl methyl sites for hydroxylation is 1. The van der Waals surface area contributed by atoms with Crippen LogP contribution in [0.4, 0.5) is 4.79 Å². The van der Waals surface area contributed by atoms with Crippen LogP contribution < -0.4 is 61.7 Å². The fourth-order valence-electron chi connectivity index (χ4n) is 14.0. The Balaban J connectivity index is 0.000000183. The minimum atomic E-state index is -3.49. The molecule has 571 valence electrons. The Kier molecular flexibility index (Phi) is 25.6. The third-order valence-electron chi connectivity index (χ3n) is 19.2. The van der Waals surface area contributed by atoms with Crippen LogP contribution in [-0.2, 0) is 26.0 Å². The van der Waals surface area contributed by atoms with E-state index in [-0.39, 0.29) is 90.0 Å². The Morgan fingerprint density at radius 1 is 0.679 bits per heavy atom. The van der Waals surface area contributed by atoms with Gasteiger partial charge >= 0.3 is 13.8 Å². The van der Waals surface area contributed by atoms with E-state index in [0.717, 1.165) is 95.6 Å². The first kappa shape index (κ1) is 80.7. The van der Waals surface area contributed by atoms with E-state index in [0.29, 0.717) is 83.2 Å². The molecule has 7 aromatic rings. The molecule has 13 N–H and O–H groups in total. The van der Waals surface area contributed by atoms with E-state index < -0.39 is 38.6 Å². The highest BCUT2D eigenvalue weighted by molar-refractivity contribution is 7.89. The molecule has 29 nitrogen and oxygen atoms in total. The third-order valence-corrected chi connectivity index (χ3v) is 20.4. The highest BCUT2D eigenvalue weighted by Gasteiger charge is 2.56. The van der Waals surface area contributed by atoms with Crippen LogP contribution in [0, 0.1) is 29.6 Å². The molecule has 2 saturated heterocycles. The molecule has 3 aromatic carbocycles. The molecule has 1 radical (unpaired) electrons. The molecule has 106 heavy (non-hydrogen) atoms. The van der Waals surface area contributed by atoms with Gasteiger partial charge in [0.05, 0.1) is 86.4 Å². The number of rotatable bonds is 23. The quantitative estimate of drug-likeness (QED) is 0.0138. The number of primary amides is 2. The summed E-state index contributed by atoms with van der Waals surface area (Å²) in [6.45, 7) is 17.5. The van der Waals surface area contributed by atoms with Crippen LogP contribution >= 0.6 is 0 Å². The Morgan fingerprint density at radius 2 is 1.17 bits per heavy atom. The summed E-state index contributed by atoms with van der Waals surface area (Å²) in [6.07, 6.45) is 16.8. The first-order valence-corrected chi connectivity index (χ1v) is 36.6. The van der Waals surface area contributed by atoms with Gasteiger partial charge in [-0.3, -0.25) is 25.0 Å². The predicted molar refractivity (Wildman–Crippen MR) is 395 cm³/mol. The number of fused-ring (bicyclic) bond motifs is 2. The summed E-state index contributed by atoms with van der Waals surface area (Å²) >= 11 is 0. The predicted octanol–water partition coefficient (Wildman–Crippen LogP) is 6.69. The van der Waals surface area contributed by atoms with Gasteiger partial charge in [-0.25, -0.2) is 22.2 Å². The summed E-state index contributed by atoms with van der Waals surface area (Å²) in [6, 6.07) is 24.0. The van der Waals surface area contributed by atoms with Crippen molar-refractivity contribution in [1.82, 2.24) is 44.9 Å². The van der Waals surface area contributed by atoms with E-state index in [2.05, 4.69) is 26.1 Å². The van der Waals surface area contributed by atoms with E-state index in [4.69, 9.17) is 50.7 Å². The number of pyridine rings is 2. The average Bonchev–Trinajstić information content (AvgIpc) is 1.02. The Hall–Kier alpha value is -9.37. The van der Waals surface area contributed by atoms with Gasteiger partial charge in [0.25, 0.3) is 33.7 Å². The number of sulfonamides is 1. The molecule has 2 aliphatic heterocycles. The van der Waals surface area contributed by atoms with Crippen molar-refractivity contribution in [2.45, 2.75) is 179 Å². The van der Waals surface area contributed by atoms with Crippen LogP contribution in [0.15, 0.2) is 115 Å². The first-order chi connectivity index (χ1) is 49.6. The number of likely N-dealkylation sites (tertiary alicyclic amines) is 1. The van der Waals surface area contributed by atoms with Crippen molar-refractivity contribution >= 4 is 64.7 Å². The zero-order chi connectivity index (χ0) is 75.8. The lowest BCUT2D eigenvalue weighted by Crippen LogP contribution is -2.58. The summed E-state index contributed by atoms with van der Waals surface area (Å²) in [5, 5.41) is 46.8. The molecule has 6 fully saturated rings. The highest BCUT2D eigenvalue weighted by atomic mass is 32.2. The van der Waals surface area contributed by atoms with Gasteiger partial charge in [-0.15, -0.1) is 0 Å². The van der Waals surface area contributed by atoms with Crippen LogP contribution in [0.5, 0.6) is 28.7 Å². The van der Waals surface area contributed by atoms with Crippen molar-refractivity contribution in [2.75, 3.05) is 39.4 Å². The number of aromatic nitrogens is 4. The Labute approximate surface area is 618 Å². The van der Waals surface area contributed by atoms with Crippen molar-refractivity contribution < 1.29 is 80.8 Å². The van der Waals surface area contributed by atoms with Gasteiger partial charge in [-0.1, -0.05) is 31.2 Å². The van der Waals surface area contributed by atoms with Crippen LogP contribution in [0.2, 0.25) is 0 Å². The molecule has 2 unspecified atom stereocenters. The molecule has 4 aromatic heterocycles. The van der Waals surface area contributed by atoms with Gasteiger partial charge in [-0.05, 0) is 222 Å². The standard InChI is InChI=1S/C31H39N5O5.C26H30BN4O7.C10H17NO3.C7H10N2O2S.CH4/c1-30(2,39)18-40-22-4-6-26-25(16-34-36(26)17-22)29(38)35-21-11-31(12-21)13-23(14-31)41-27-10-19(3-5-24(27)28(32)37)9-20-7-8-33-15-20;1-25(2,34)14-36-17-4-6-21-20(12-29-31(21)13-17)24(33)30-15-8-26(9-15)10-18(11-26)37-22-7-16(38-27-35)3-5-19(22)23(28)32;1-10(2,3)14-9(13)11-5-4-8(6-11)7-12;1-6-2-4-7(5-3-6)12(10,11)9-8;/h3-6,10,16-17,20-21,23,33,39H,7-9,11-15,18H2,1-2H3,(H2,32,37)(H,35,38);3-7,12-13,15,18,34-35H,8-11,14H2,1-2H3,(H2,28,32)(H,30,33);7-8H,4-6H2,1-3H3;2-5,9H,8H2,1H3;1H4. The average molecular weight is 1480 g/mol. The second-order valence-corrected chi connectivity index (χ2v) is 32.4. The Morgan fingerprint density at radius 3 is 1.60 bits per heavy atom. The molecular formula is C75H100BN12O17S. The summed E-state index contributed by atoms with van der Waals surface area (Å²) in [7, 11) is -2.93. The number of carbonyl (C=O) groups is 6. The zero-order valence-electron chi connectivity index (χ0n) is 60.5. The van der Waals surface area contributed by atoms with Gasteiger partial charge < -0.3 is 80.7 Å². The molecule has 6 aliphatic rings. The third kappa shape index (κ3) is 21.2. The fraction of sp³-hybridized carbons (Fsp3) is 0.493. The number of nitrogens with one attached hydrogen (secondary N) is 4. The number of benzene rings is 3. The van der Waals surface area contributed by atoms with Gasteiger partial charge in [0, 0.05) is 37.2 Å². The molecule has 13 rings (SSSR count). The molecule has 5 amide bonds. The molecular weight excluding hydrogens is 1380 g/mol. The van der Waals surface area contributed by atoms with E-state index in [1.165, 1.54) is 42.1 Å². The van der Waals surface area contributed by atoms with Gasteiger partial charge in [0.1, 0.15) is 53.8 Å². The number of carbonyl (C=O) groups excluding carboxylic acids is 6. The van der Waals surface area contributed by atoms with Crippen molar-refractivity contribution in [3.8, 4) is 28.7 Å². The number of amides is 5. The van der Waals surface area contributed by atoms with Gasteiger partial charge in [-0.2, -0.15) is 15.0 Å². The van der Waals surface area contributed by atoms with E-state index >= 15 is 0 Å². The number of aldehydes is 1. The minimum Gasteiger partial charge on any atom is -0.537 e. The second-order valence-electron chi connectivity index (χ2n) is 30.7. The number of hydrogen-bond donors (Lipinski definition) is 10. The Bertz CT molecular complexity index is 4370. The monoisotopic (exact) mass is 1480 g/mol. The maximum atomic E-state index is 13.0. The summed E-state index contributed by atoms with van der Waals surface area (Å²) in [4.78, 5) is 75.3. The lowest BCUT2D eigenvalue weighted by atomic mass is 9.53. The smallest absolute Gasteiger partial charge is 0.537 e. The zero-order valence-corrected chi connectivity index (χ0v) is 61.3. The molecule has 4 saturated carbocycles. The highest BCUT2D eigenvalue weighted by Crippen LogP contribution is 2.58. The van der Waals surface area contributed by atoms with Crippen molar-refractivity contribution in [3.05, 3.63) is 143 Å². The number of hydrogen-bond acceptors (Lipinski definition) is 21. The normalized spacial score (nSPS) is 22.1. The van der Waals surface area contributed by atoms with Crippen LogP contribution in [-0.4, -0.2) is 172 Å². The molecule has 2 spiro atoms. The maximum absolute atomic E-state index is 13.0. The van der Waals surface area contributed by atoms with Crippen molar-refractivity contribution in [2.24, 2.45) is 40.0 Å². The van der Waals surface area contributed by atoms with Crippen molar-refractivity contribution in [1.29, 1.82) is 0 Å². The van der Waals surface area contributed by atoms with Crippen LogP contribution in [0.25, 0.3) is 11.0 Å².